The molecule has 1 aliphatic rings. The van der Waals surface area contributed by atoms with Crippen molar-refractivity contribution < 1.29 is 0 Å². The van der Waals surface area contributed by atoms with E-state index in [4.69, 9.17) is 0 Å². The molecule has 1 aliphatic carbocycles. The van der Waals surface area contributed by atoms with E-state index in [0.29, 0.717) is 0 Å². The van der Waals surface area contributed by atoms with Crippen LogP contribution >= 0.6 is 0 Å². The first-order valence-corrected chi connectivity index (χ1v) is 6.05. The van der Waals surface area contributed by atoms with Crippen LogP contribution in [0.5, 0.6) is 0 Å². The van der Waals surface area contributed by atoms with Gasteiger partial charge in [-0.2, -0.15) is 0 Å². The van der Waals surface area contributed by atoms with Crippen LogP contribution in [0.25, 0.3) is 0 Å². The summed E-state index contributed by atoms with van der Waals surface area (Å²) in [6, 6.07) is 8.89. The number of aryl methyl sites for hydroxylation is 1. The Morgan fingerprint density at radius 2 is 1.69 bits per heavy atom. The van der Waals surface area contributed by atoms with E-state index in [-0.39, 0.29) is 5.41 Å². The zero-order chi connectivity index (χ0) is 11.6. The predicted molar refractivity (Wildman–Crippen MR) is 70.7 cm³/mol. The second kappa shape index (κ2) is 4.29. The molecule has 0 unspecified atom stereocenters. The Kier molecular flexibility index (Phi) is 3.00. The second-order valence-corrected chi connectivity index (χ2v) is 5.13. The lowest BCUT2D eigenvalue weighted by Crippen LogP contribution is -2.20. The van der Waals surface area contributed by atoms with Crippen LogP contribution < -0.4 is 0 Å². The maximum Gasteiger partial charge on any atom is 0.0143 e. The van der Waals surface area contributed by atoms with Crippen molar-refractivity contribution in [3.05, 3.63) is 59.2 Å². The van der Waals surface area contributed by atoms with Gasteiger partial charge in [-0.15, -0.1) is 0 Å². The van der Waals surface area contributed by atoms with Gasteiger partial charge in [-0.1, -0.05) is 61.9 Å². The van der Waals surface area contributed by atoms with Crippen molar-refractivity contribution >= 4 is 0 Å². The van der Waals surface area contributed by atoms with Gasteiger partial charge in [0.1, 0.15) is 0 Å². The van der Waals surface area contributed by atoms with E-state index in [9.17, 15) is 0 Å². The zero-order valence-corrected chi connectivity index (χ0v) is 10.5. The van der Waals surface area contributed by atoms with Crippen molar-refractivity contribution in [2.45, 2.75) is 39.0 Å². The summed E-state index contributed by atoms with van der Waals surface area (Å²) in [6.07, 6.45) is 9.31. The molecule has 84 valence electrons. The highest BCUT2D eigenvalue weighted by Crippen LogP contribution is 2.34. The summed E-state index contributed by atoms with van der Waals surface area (Å²) < 4.78 is 0. The summed E-state index contributed by atoms with van der Waals surface area (Å²) in [5.41, 5.74) is 4.30. The second-order valence-electron chi connectivity index (χ2n) is 5.13. The molecule has 16 heavy (non-hydrogen) atoms. The lowest BCUT2D eigenvalue weighted by atomic mass is 9.76. The Labute approximate surface area is 98.7 Å². The molecule has 0 heteroatoms. The predicted octanol–water partition coefficient (Wildman–Crippen LogP) is 4.55. The first-order valence-electron chi connectivity index (χ1n) is 6.05. The maximum atomic E-state index is 2.37. The van der Waals surface area contributed by atoms with Crippen molar-refractivity contribution in [3.8, 4) is 0 Å². The molecule has 2 rings (SSSR count). The summed E-state index contributed by atoms with van der Waals surface area (Å²) in [5, 5.41) is 0. The molecule has 0 fully saturated rings. The molecule has 0 amide bonds. The van der Waals surface area contributed by atoms with Crippen LogP contribution in [-0.4, -0.2) is 0 Å². The van der Waals surface area contributed by atoms with Gasteiger partial charge in [0.2, 0.25) is 0 Å². The van der Waals surface area contributed by atoms with E-state index in [1.54, 1.807) is 0 Å². The lowest BCUT2D eigenvalue weighted by molar-refractivity contribution is 0.631. The Bertz CT molecular complexity index is 416. The van der Waals surface area contributed by atoms with E-state index in [1.807, 2.05) is 0 Å². The van der Waals surface area contributed by atoms with Crippen LogP contribution in [-0.2, 0) is 5.41 Å². The minimum Gasteiger partial charge on any atom is -0.0839 e. The van der Waals surface area contributed by atoms with Crippen LogP contribution in [0.1, 0.15) is 37.8 Å². The third-order valence-electron chi connectivity index (χ3n) is 3.49. The molecular formula is C16H20. The molecule has 0 nitrogen and oxygen atoms in total. The van der Waals surface area contributed by atoms with Gasteiger partial charge in [0, 0.05) is 5.41 Å². The van der Waals surface area contributed by atoms with E-state index in [0.717, 1.165) is 0 Å². The fourth-order valence-corrected chi connectivity index (χ4v) is 2.21. The number of hydrogen-bond acceptors (Lipinski definition) is 0. The summed E-state index contributed by atoms with van der Waals surface area (Å²) in [7, 11) is 0. The number of benzene rings is 1. The van der Waals surface area contributed by atoms with E-state index in [1.165, 1.54) is 29.5 Å². The van der Waals surface area contributed by atoms with Gasteiger partial charge in [0.05, 0.1) is 0 Å². The minimum atomic E-state index is 0.130. The molecule has 0 saturated carbocycles. The average Bonchev–Trinajstić information content (AvgIpc) is 2.31. The van der Waals surface area contributed by atoms with Crippen molar-refractivity contribution in [2.75, 3.05) is 0 Å². The van der Waals surface area contributed by atoms with E-state index < -0.39 is 0 Å². The average molecular weight is 212 g/mol. The summed E-state index contributed by atoms with van der Waals surface area (Å²) in [6.45, 7) is 6.74. The number of hydrogen-bond donors (Lipinski definition) is 0. The van der Waals surface area contributed by atoms with Crippen molar-refractivity contribution in [1.29, 1.82) is 0 Å². The molecule has 0 atom stereocenters. The van der Waals surface area contributed by atoms with Gasteiger partial charge in [-0.05, 0) is 30.9 Å². The van der Waals surface area contributed by atoms with Gasteiger partial charge in [0.25, 0.3) is 0 Å². The Morgan fingerprint density at radius 3 is 2.25 bits per heavy atom. The topological polar surface area (TPSA) is 0 Å². The molecule has 0 aliphatic heterocycles. The highest BCUT2D eigenvalue weighted by molar-refractivity contribution is 5.41. The molecule has 0 heterocycles. The fourth-order valence-electron chi connectivity index (χ4n) is 2.21. The van der Waals surface area contributed by atoms with Crippen molar-refractivity contribution in [3.63, 3.8) is 0 Å². The third kappa shape index (κ3) is 2.11. The molecule has 0 spiro atoms. The van der Waals surface area contributed by atoms with Crippen LogP contribution in [0.15, 0.2) is 48.1 Å². The third-order valence-corrected chi connectivity index (χ3v) is 3.49. The maximum absolute atomic E-state index is 2.37. The molecule has 0 aromatic heterocycles. The van der Waals surface area contributed by atoms with E-state index in [2.05, 4.69) is 63.3 Å². The van der Waals surface area contributed by atoms with Crippen LogP contribution in [0, 0.1) is 6.92 Å². The van der Waals surface area contributed by atoms with Crippen molar-refractivity contribution in [2.24, 2.45) is 0 Å². The largest absolute Gasteiger partial charge is 0.0839 e. The molecule has 1 aromatic rings. The van der Waals surface area contributed by atoms with Gasteiger partial charge >= 0.3 is 0 Å². The Balaban J connectivity index is 2.34. The fraction of sp³-hybridized carbons (Fsp3) is 0.375. The van der Waals surface area contributed by atoms with Crippen molar-refractivity contribution in [1.82, 2.24) is 0 Å². The Morgan fingerprint density at radius 1 is 1.00 bits per heavy atom. The van der Waals surface area contributed by atoms with Crippen LogP contribution in [0.3, 0.4) is 0 Å². The SMILES string of the molecule is Cc1ccc(C(C)(C)C2=CCCC=C2)cc1. The van der Waals surface area contributed by atoms with Crippen LogP contribution in [0.2, 0.25) is 0 Å². The normalized spacial score (nSPS) is 16.1. The molecule has 0 bridgehead atoms. The Hall–Kier alpha value is -1.30. The highest BCUT2D eigenvalue weighted by atomic mass is 14.3. The molecular weight excluding hydrogens is 192 g/mol. The first-order chi connectivity index (χ1) is 7.60. The molecule has 0 N–H and O–H groups in total. The first kappa shape index (κ1) is 11.2. The smallest absolute Gasteiger partial charge is 0.0143 e. The molecule has 0 saturated heterocycles. The van der Waals surface area contributed by atoms with Crippen LogP contribution in [0.4, 0.5) is 0 Å². The summed E-state index contributed by atoms with van der Waals surface area (Å²) >= 11 is 0. The number of allylic oxidation sites excluding steroid dienone is 4. The highest BCUT2D eigenvalue weighted by Gasteiger charge is 2.24. The monoisotopic (exact) mass is 212 g/mol. The van der Waals surface area contributed by atoms with Gasteiger partial charge in [-0.3, -0.25) is 0 Å². The standard InChI is InChI=1S/C16H20/c1-13-9-11-15(12-10-13)16(2,3)14-7-5-4-6-8-14/h5,7-12H,4,6H2,1-3H3. The zero-order valence-electron chi connectivity index (χ0n) is 10.5. The summed E-state index contributed by atoms with van der Waals surface area (Å²) in [5.74, 6) is 0. The van der Waals surface area contributed by atoms with E-state index >= 15 is 0 Å². The summed E-state index contributed by atoms with van der Waals surface area (Å²) in [4.78, 5) is 0. The lowest BCUT2D eigenvalue weighted by Gasteiger charge is -2.28. The molecule has 0 radical (unpaired) electrons. The minimum absolute atomic E-state index is 0.130. The number of rotatable bonds is 2. The van der Waals surface area contributed by atoms with Gasteiger partial charge in [0.15, 0.2) is 0 Å². The van der Waals surface area contributed by atoms with Gasteiger partial charge in [-0.25, -0.2) is 0 Å². The molecule has 1 aromatic carbocycles. The quantitative estimate of drug-likeness (QED) is 0.674. The van der Waals surface area contributed by atoms with Gasteiger partial charge < -0.3 is 0 Å².